The van der Waals surface area contributed by atoms with E-state index in [1.807, 2.05) is 0 Å². The Morgan fingerprint density at radius 2 is 1.06 bits per heavy atom. The molecule has 0 spiro atoms. The molecular formula is C24H17NO6S2. The number of rotatable bonds is 4. The molecule has 0 unspecified atom stereocenters. The van der Waals surface area contributed by atoms with Gasteiger partial charge in [0.05, 0.1) is 5.52 Å². The lowest BCUT2D eigenvalue weighted by atomic mass is 9.90. The minimum Gasteiger partial charge on any atom is -0.353 e. The molecule has 1 aromatic heterocycles. The Morgan fingerprint density at radius 3 is 1.61 bits per heavy atom. The first-order valence-electron chi connectivity index (χ1n) is 9.84. The number of H-pyrrole nitrogens is 1. The third-order valence-electron chi connectivity index (χ3n) is 5.51. The number of para-hydroxylation sites is 1. The highest BCUT2D eigenvalue weighted by Crippen LogP contribution is 2.48. The molecule has 0 amide bonds. The number of aromatic amines is 1. The summed E-state index contributed by atoms with van der Waals surface area (Å²) in [6.45, 7) is 0. The Kier molecular flexibility index (Phi) is 4.87. The van der Waals surface area contributed by atoms with Crippen LogP contribution in [0.1, 0.15) is 0 Å². The highest BCUT2D eigenvalue weighted by molar-refractivity contribution is 7.89. The summed E-state index contributed by atoms with van der Waals surface area (Å²) in [5.74, 6) is 0. The van der Waals surface area contributed by atoms with E-state index in [-0.39, 0.29) is 11.1 Å². The highest BCUT2D eigenvalue weighted by Gasteiger charge is 2.35. The first-order valence-corrected chi connectivity index (χ1v) is 12.7. The van der Waals surface area contributed by atoms with Crippen molar-refractivity contribution in [3.63, 3.8) is 0 Å². The van der Waals surface area contributed by atoms with Crippen LogP contribution in [0.4, 0.5) is 0 Å². The molecule has 9 heteroatoms. The fourth-order valence-corrected chi connectivity index (χ4v) is 6.50. The van der Waals surface area contributed by atoms with Gasteiger partial charge in [-0.15, -0.1) is 0 Å². The van der Waals surface area contributed by atoms with Gasteiger partial charge >= 0.3 is 0 Å². The molecule has 3 N–H and O–H groups in total. The monoisotopic (exact) mass is 479 g/mol. The molecular weight excluding hydrogens is 462 g/mol. The molecule has 0 bridgehead atoms. The first-order chi connectivity index (χ1) is 15.7. The largest absolute Gasteiger partial charge is 0.353 e. The average Bonchev–Trinajstić information content (AvgIpc) is 3.16. The smallest absolute Gasteiger partial charge is 0.298 e. The average molecular weight is 480 g/mol. The lowest BCUT2D eigenvalue weighted by Gasteiger charge is -2.19. The normalized spacial score (nSPS) is 12.4. The zero-order valence-electron chi connectivity index (χ0n) is 16.9. The number of nitrogens with one attached hydrogen (secondary N) is 1. The number of benzene rings is 4. The molecule has 0 fully saturated rings. The Morgan fingerprint density at radius 1 is 0.576 bits per heavy atom. The molecule has 0 atom stereocenters. The van der Waals surface area contributed by atoms with Crippen molar-refractivity contribution in [1.29, 1.82) is 0 Å². The molecule has 5 rings (SSSR count). The predicted molar refractivity (Wildman–Crippen MR) is 126 cm³/mol. The van der Waals surface area contributed by atoms with Gasteiger partial charge in [-0.1, -0.05) is 78.9 Å². The lowest BCUT2D eigenvalue weighted by molar-refractivity contribution is 0.468. The van der Waals surface area contributed by atoms with Crippen molar-refractivity contribution in [3.8, 4) is 22.3 Å². The van der Waals surface area contributed by atoms with E-state index in [1.165, 1.54) is 0 Å². The van der Waals surface area contributed by atoms with Crippen LogP contribution in [0.15, 0.2) is 94.7 Å². The van der Waals surface area contributed by atoms with Gasteiger partial charge < -0.3 is 4.98 Å². The third-order valence-corrected chi connectivity index (χ3v) is 7.48. The van der Waals surface area contributed by atoms with Crippen LogP contribution >= 0.6 is 0 Å². The zero-order valence-corrected chi connectivity index (χ0v) is 18.6. The van der Waals surface area contributed by atoms with Gasteiger partial charge in [0.1, 0.15) is 9.79 Å². The molecule has 0 saturated heterocycles. The van der Waals surface area contributed by atoms with Crippen LogP contribution < -0.4 is 0 Å². The Labute approximate surface area is 189 Å². The molecule has 0 saturated carbocycles. The maximum Gasteiger partial charge on any atom is 0.298 e. The zero-order chi connectivity index (χ0) is 23.4. The van der Waals surface area contributed by atoms with Gasteiger partial charge in [-0.3, -0.25) is 9.11 Å². The number of hydrogen-bond donors (Lipinski definition) is 3. The van der Waals surface area contributed by atoms with Crippen molar-refractivity contribution >= 4 is 42.0 Å². The van der Waals surface area contributed by atoms with Crippen molar-refractivity contribution in [2.75, 3.05) is 0 Å². The third kappa shape index (κ3) is 3.51. The van der Waals surface area contributed by atoms with E-state index in [9.17, 15) is 25.9 Å². The van der Waals surface area contributed by atoms with Crippen LogP contribution in [0.25, 0.3) is 44.1 Å². The maximum absolute atomic E-state index is 12.7. The standard InChI is InChI=1S/C24H17NO6S2/c26-32(27,28)23-20(16-11-5-2-6-12-16)19(15-9-3-1-4-10-15)21-17-13-7-8-14-18(17)25-22(21)24(23)33(29,30)31/h1-14,25H,(H,26,27,28)(H,29,30,31). The highest BCUT2D eigenvalue weighted by atomic mass is 32.2. The Balaban J connectivity index is 2.22. The number of hydrogen-bond acceptors (Lipinski definition) is 4. The fraction of sp³-hybridized carbons (Fsp3) is 0. The quantitative estimate of drug-likeness (QED) is 0.306. The summed E-state index contributed by atoms with van der Waals surface area (Å²) in [7, 11) is -10.2. The summed E-state index contributed by atoms with van der Waals surface area (Å²) in [5.41, 5.74) is 1.80. The van der Waals surface area contributed by atoms with Crippen molar-refractivity contribution < 1.29 is 25.9 Å². The van der Waals surface area contributed by atoms with E-state index < -0.39 is 30.0 Å². The van der Waals surface area contributed by atoms with Crippen LogP contribution in [0.5, 0.6) is 0 Å². The topological polar surface area (TPSA) is 125 Å². The number of fused-ring (bicyclic) bond motifs is 3. The van der Waals surface area contributed by atoms with E-state index in [4.69, 9.17) is 0 Å². The molecule has 4 aromatic carbocycles. The predicted octanol–water partition coefficient (Wildman–Crippen LogP) is 5.15. The van der Waals surface area contributed by atoms with E-state index in [0.717, 1.165) is 0 Å². The van der Waals surface area contributed by atoms with Gasteiger partial charge in [0.15, 0.2) is 0 Å². The van der Waals surface area contributed by atoms with Gasteiger partial charge in [-0.05, 0) is 17.2 Å². The first kappa shape index (κ1) is 21.4. The van der Waals surface area contributed by atoms with Crippen molar-refractivity contribution in [3.05, 3.63) is 84.9 Å². The van der Waals surface area contributed by atoms with Gasteiger partial charge in [0, 0.05) is 27.4 Å². The fourth-order valence-electron chi connectivity index (χ4n) is 4.30. The van der Waals surface area contributed by atoms with Crippen LogP contribution in [0.2, 0.25) is 0 Å². The summed E-state index contributed by atoms with van der Waals surface area (Å²) in [6, 6.07) is 24.2. The van der Waals surface area contributed by atoms with Crippen molar-refractivity contribution in [2.45, 2.75) is 9.79 Å². The van der Waals surface area contributed by atoms with E-state index in [1.54, 1.807) is 84.9 Å². The second-order valence-corrected chi connectivity index (χ2v) is 10.2. The lowest BCUT2D eigenvalue weighted by Crippen LogP contribution is -2.12. The van der Waals surface area contributed by atoms with Crippen LogP contribution in [0, 0.1) is 0 Å². The molecule has 166 valence electrons. The summed E-state index contributed by atoms with van der Waals surface area (Å²) >= 11 is 0. The minimum atomic E-state index is -5.11. The molecule has 33 heavy (non-hydrogen) atoms. The second kappa shape index (κ2) is 7.53. The molecule has 7 nitrogen and oxygen atoms in total. The number of aromatic nitrogens is 1. The Hall–Kier alpha value is -3.50. The Bertz CT molecular complexity index is 1740. The molecule has 0 radical (unpaired) electrons. The molecule has 1 heterocycles. The molecule has 0 aliphatic carbocycles. The van der Waals surface area contributed by atoms with Crippen LogP contribution in [-0.2, 0) is 20.2 Å². The van der Waals surface area contributed by atoms with Crippen molar-refractivity contribution in [2.24, 2.45) is 0 Å². The molecule has 0 aliphatic heterocycles. The van der Waals surface area contributed by atoms with E-state index in [0.29, 0.717) is 33.0 Å². The second-order valence-electron chi connectivity index (χ2n) is 7.51. The summed E-state index contributed by atoms with van der Waals surface area (Å²) in [6.07, 6.45) is 0. The molecule has 5 aromatic rings. The van der Waals surface area contributed by atoms with E-state index >= 15 is 0 Å². The van der Waals surface area contributed by atoms with Gasteiger partial charge in [0.25, 0.3) is 20.2 Å². The SMILES string of the molecule is O=S(=O)(O)c1c(-c2ccccc2)c(-c2ccccc2)c2c([nH]c3ccccc32)c1S(=O)(=O)O. The maximum atomic E-state index is 12.7. The summed E-state index contributed by atoms with van der Waals surface area (Å²) in [4.78, 5) is 1.17. The summed E-state index contributed by atoms with van der Waals surface area (Å²) < 4.78 is 71.0. The van der Waals surface area contributed by atoms with E-state index in [2.05, 4.69) is 4.98 Å². The minimum absolute atomic E-state index is 0.0193. The van der Waals surface area contributed by atoms with Crippen LogP contribution in [-0.4, -0.2) is 30.9 Å². The summed E-state index contributed by atoms with van der Waals surface area (Å²) in [5, 5.41) is 1.05. The van der Waals surface area contributed by atoms with Crippen LogP contribution in [0.3, 0.4) is 0 Å². The van der Waals surface area contributed by atoms with Gasteiger partial charge in [0.2, 0.25) is 0 Å². The van der Waals surface area contributed by atoms with Gasteiger partial charge in [-0.2, -0.15) is 16.8 Å². The van der Waals surface area contributed by atoms with Crippen molar-refractivity contribution in [1.82, 2.24) is 4.98 Å². The molecule has 0 aliphatic rings. The van der Waals surface area contributed by atoms with Gasteiger partial charge in [-0.25, -0.2) is 0 Å².